The molecule has 0 aliphatic heterocycles. The van der Waals surface area contributed by atoms with Crippen molar-refractivity contribution in [3.05, 3.63) is 64.3 Å². The Hall–Kier alpha value is -3.72. The third-order valence-corrected chi connectivity index (χ3v) is 6.96. The minimum atomic E-state index is -4.04. The van der Waals surface area contributed by atoms with E-state index in [0.29, 0.717) is 0 Å². The van der Waals surface area contributed by atoms with Crippen molar-refractivity contribution in [2.45, 2.75) is 31.1 Å². The van der Waals surface area contributed by atoms with Crippen LogP contribution in [0.3, 0.4) is 0 Å². The zero-order valence-electron chi connectivity index (χ0n) is 19.4. The summed E-state index contributed by atoms with van der Waals surface area (Å²) >= 11 is 0. The number of hydrogen-bond acceptors (Lipinski definition) is 7. The van der Waals surface area contributed by atoms with Gasteiger partial charge < -0.3 is 19.0 Å². The molecule has 34 heavy (non-hydrogen) atoms. The van der Waals surface area contributed by atoms with Crippen LogP contribution in [-0.2, 0) is 15.4 Å². The highest BCUT2D eigenvalue weighted by atomic mass is 32.2. The monoisotopic (exact) mass is 483 g/mol. The molecule has 3 aromatic carbocycles. The van der Waals surface area contributed by atoms with Gasteiger partial charge >= 0.3 is 0 Å². The van der Waals surface area contributed by atoms with Crippen LogP contribution in [0.4, 0.5) is 5.69 Å². The molecule has 0 amide bonds. The largest absolute Gasteiger partial charge is 0.504 e. The number of benzene rings is 3. The average Bonchev–Trinajstić information content (AvgIpc) is 2.78. The molecule has 0 radical (unpaired) electrons. The van der Waals surface area contributed by atoms with Crippen molar-refractivity contribution in [2.24, 2.45) is 0 Å². The fourth-order valence-electron chi connectivity index (χ4n) is 3.78. The number of hydrogen-bond donors (Lipinski definition) is 2. The fraction of sp³-hybridized carbons (Fsp3) is 0.240. The second kappa shape index (κ2) is 8.25. The fourth-order valence-corrected chi connectivity index (χ4v) is 4.83. The Balaban J connectivity index is 1.87. The van der Waals surface area contributed by atoms with Crippen LogP contribution in [0.1, 0.15) is 26.3 Å². The third kappa shape index (κ3) is 3.92. The lowest BCUT2D eigenvalue weighted by atomic mass is 9.87. The van der Waals surface area contributed by atoms with E-state index < -0.39 is 21.2 Å². The molecule has 0 unspecified atom stereocenters. The molecule has 9 heteroatoms. The number of phenolic OH excluding ortho intramolecular Hbond substituents is 1. The van der Waals surface area contributed by atoms with Gasteiger partial charge in [0.2, 0.25) is 5.43 Å². The number of nitrogens with one attached hydrogen (secondary N) is 1. The molecule has 0 spiro atoms. The van der Waals surface area contributed by atoms with Gasteiger partial charge in [0.25, 0.3) is 10.0 Å². The molecular formula is C25H25NO7S. The number of phenols is 1. The number of anilines is 1. The Morgan fingerprint density at radius 1 is 0.941 bits per heavy atom. The van der Waals surface area contributed by atoms with Crippen LogP contribution in [-0.4, -0.2) is 27.7 Å². The molecule has 0 atom stereocenters. The van der Waals surface area contributed by atoms with Crippen LogP contribution in [0.5, 0.6) is 17.2 Å². The quantitative estimate of drug-likeness (QED) is 0.393. The summed E-state index contributed by atoms with van der Waals surface area (Å²) in [4.78, 5) is 13.2. The maximum Gasteiger partial charge on any atom is 0.262 e. The summed E-state index contributed by atoms with van der Waals surface area (Å²) in [6.07, 6.45) is 0. The van der Waals surface area contributed by atoms with Gasteiger partial charge in [-0.2, -0.15) is 0 Å². The molecule has 0 saturated heterocycles. The van der Waals surface area contributed by atoms with Crippen molar-refractivity contribution >= 4 is 37.6 Å². The molecular weight excluding hydrogens is 458 g/mol. The van der Waals surface area contributed by atoms with Gasteiger partial charge in [-0.15, -0.1) is 0 Å². The van der Waals surface area contributed by atoms with Crippen molar-refractivity contribution in [1.29, 1.82) is 0 Å². The number of ether oxygens (including phenoxy) is 2. The molecule has 4 rings (SSSR count). The highest BCUT2D eigenvalue weighted by molar-refractivity contribution is 7.92. The SMILES string of the molecule is COc1c(NS(=O)(=O)c2ccc(C(C)(C)C)cc2)cc2oc3cccc(OC)c3c(=O)c2c1O. The number of rotatable bonds is 5. The summed E-state index contributed by atoms with van der Waals surface area (Å²) in [5, 5.41) is 10.9. The van der Waals surface area contributed by atoms with Gasteiger partial charge in [0, 0.05) is 6.07 Å². The smallest absolute Gasteiger partial charge is 0.262 e. The number of methoxy groups -OCH3 is 2. The Morgan fingerprint density at radius 2 is 1.62 bits per heavy atom. The third-order valence-electron chi connectivity index (χ3n) is 5.58. The van der Waals surface area contributed by atoms with E-state index in [9.17, 15) is 18.3 Å². The molecule has 0 fully saturated rings. The molecule has 178 valence electrons. The Bertz CT molecular complexity index is 1560. The van der Waals surface area contributed by atoms with Crippen molar-refractivity contribution in [3.63, 3.8) is 0 Å². The molecule has 1 aromatic heterocycles. The zero-order valence-corrected chi connectivity index (χ0v) is 20.2. The summed E-state index contributed by atoms with van der Waals surface area (Å²) < 4.78 is 45.0. The first-order valence-electron chi connectivity index (χ1n) is 10.4. The molecule has 8 nitrogen and oxygen atoms in total. The van der Waals surface area contributed by atoms with Gasteiger partial charge in [0.1, 0.15) is 27.7 Å². The van der Waals surface area contributed by atoms with Crippen LogP contribution in [0, 0.1) is 0 Å². The summed E-state index contributed by atoms with van der Waals surface area (Å²) in [6.45, 7) is 6.10. The summed E-state index contributed by atoms with van der Waals surface area (Å²) in [7, 11) is -1.35. The Morgan fingerprint density at radius 3 is 2.21 bits per heavy atom. The van der Waals surface area contributed by atoms with E-state index in [2.05, 4.69) is 4.72 Å². The highest BCUT2D eigenvalue weighted by Gasteiger charge is 2.25. The predicted octanol–water partition coefficient (Wildman–Crippen LogP) is 4.77. The van der Waals surface area contributed by atoms with Crippen molar-refractivity contribution in [1.82, 2.24) is 0 Å². The van der Waals surface area contributed by atoms with E-state index in [1.807, 2.05) is 20.8 Å². The summed E-state index contributed by atoms with van der Waals surface area (Å²) in [5.41, 5.74) is 0.468. The van der Waals surface area contributed by atoms with E-state index in [1.165, 1.54) is 32.4 Å². The van der Waals surface area contributed by atoms with Gasteiger partial charge in [0.15, 0.2) is 11.5 Å². The van der Waals surface area contributed by atoms with Crippen LogP contribution >= 0.6 is 0 Å². The first-order valence-corrected chi connectivity index (χ1v) is 11.9. The second-order valence-electron chi connectivity index (χ2n) is 8.82. The predicted molar refractivity (Wildman–Crippen MR) is 131 cm³/mol. The van der Waals surface area contributed by atoms with Gasteiger partial charge in [-0.1, -0.05) is 39.0 Å². The maximum absolute atomic E-state index is 13.2. The number of aromatic hydroxyl groups is 1. The van der Waals surface area contributed by atoms with E-state index >= 15 is 0 Å². The molecule has 0 saturated carbocycles. The summed E-state index contributed by atoms with van der Waals surface area (Å²) in [6, 6.07) is 12.7. The van der Waals surface area contributed by atoms with Crippen LogP contribution in [0.2, 0.25) is 0 Å². The molecule has 0 aliphatic carbocycles. The van der Waals surface area contributed by atoms with E-state index in [-0.39, 0.29) is 49.4 Å². The van der Waals surface area contributed by atoms with Crippen molar-refractivity contribution < 1.29 is 27.4 Å². The molecule has 2 N–H and O–H groups in total. The molecule has 4 aromatic rings. The van der Waals surface area contributed by atoms with E-state index in [0.717, 1.165) is 5.56 Å². The van der Waals surface area contributed by atoms with Crippen LogP contribution in [0.25, 0.3) is 21.9 Å². The lowest BCUT2D eigenvalue weighted by Gasteiger charge is -2.19. The topological polar surface area (TPSA) is 115 Å². The van der Waals surface area contributed by atoms with Crippen molar-refractivity contribution in [3.8, 4) is 17.2 Å². The average molecular weight is 484 g/mol. The van der Waals surface area contributed by atoms with Gasteiger partial charge in [-0.25, -0.2) is 8.42 Å². The second-order valence-corrected chi connectivity index (χ2v) is 10.5. The molecule has 1 heterocycles. The standard InChI is InChI=1S/C25H25NO7S/c1-25(2,3)14-9-11-15(12-10-14)34(29,30)26-16-13-19-21(23(28)24(16)32-5)22(27)20-17(31-4)7-6-8-18(20)33-19/h6-13,26,28H,1-5H3. The molecule has 0 aliphatic rings. The van der Waals surface area contributed by atoms with Crippen molar-refractivity contribution in [2.75, 3.05) is 18.9 Å². The molecule has 0 bridgehead atoms. The Labute approximate surface area is 196 Å². The Kier molecular flexibility index (Phi) is 5.69. The lowest BCUT2D eigenvalue weighted by Crippen LogP contribution is -2.15. The first kappa shape index (κ1) is 23.4. The normalized spacial score (nSPS) is 12.1. The van der Waals surface area contributed by atoms with Gasteiger partial charge in [0.05, 0.1) is 24.8 Å². The van der Waals surface area contributed by atoms with Gasteiger partial charge in [-0.05, 0) is 35.2 Å². The van der Waals surface area contributed by atoms with Crippen LogP contribution in [0.15, 0.2) is 62.6 Å². The minimum absolute atomic E-state index is 0.00941. The minimum Gasteiger partial charge on any atom is -0.504 e. The van der Waals surface area contributed by atoms with E-state index in [4.69, 9.17) is 13.9 Å². The number of sulfonamides is 1. The zero-order chi connectivity index (χ0) is 24.8. The maximum atomic E-state index is 13.2. The lowest BCUT2D eigenvalue weighted by molar-refractivity contribution is 0.378. The first-order chi connectivity index (χ1) is 16.0. The van der Waals surface area contributed by atoms with Gasteiger partial charge in [-0.3, -0.25) is 9.52 Å². The van der Waals surface area contributed by atoms with Crippen LogP contribution < -0.4 is 19.6 Å². The summed E-state index contributed by atoms with van der Waals surface area (Å²) in [5.74, 6) is -0.457. The van der Waals surface area contributed by atoms with E-state index in [1.54, 1.807) is 30.3 Å². The highest BCUT2D eigenvalue weighted by Crippen LogP contribution is 2.42. The number of fused-ring (bicyclic) bond motifs is 2.